The Morgan fingerprint density at radius 2 is 1.75 bits per heavy atom. The second kappa shape index (κ2) is 4.47. The van der Waals surface area contributed by atoms with Crippen LogP contribution < -0.4 is 0 Å². The van der Waals surface area contributed by atoms with Gasteiger partial charge in [-0.1, -0.05) is 12.2 Å². The van der Waals surface area contributed by atoms with E-state index in [1.54, 1.807) is 23.9 Å². The van der Waals surface area contributed by atoms with Gasteiger partial charge in [-0.05, 0) is 30.8 Å². The van der Waals surface area contributed by atoms with E-state index in [0.717, 1.165) is 4.99 Å². The van der Waals surface area contributed by atoms with Crippen LogP contribution in [0.15, 0.2) is 0 Å². The normalized spacial score (nSPS) is 8.88. The summed E-state index contributed by atoms with van der Waals surface area (Å²) >= 11 is 8.17. The highest BCUT2D eigenvalue weighted by atomic mass is 32.2. The van der Waals surface area contributed by atoms with Gasteiger partial charge in [0.25, 0.3) is 0 Å². The molecule has 0 aromatic heterocycles. The van der Waals surface area contributed by atoms with E-state index in [0.29, 0.717) is 0 Å². The van der Waals surface area contributed by atoms with Crippen LogP contribution in [0.2, 0.25) is 0 Å². The molecule has 0 aliphatic rings. The molecule has 0 aliphatic heterocycles. The average molecular weight is 167 g/mol. The topological polar surface area (TPSA) is 3.24 Å². The quantitative estimate of drug-likeness (QED) is 0.458. The molecule has 0 saturated heterocycles. The second-order valence-electron chi connectivity index (χ2n) is 1.14. The highest BCUT2D eigenvalue weighted by Crippen LogP contribution is 2.16. The van der Waals surface area contributed by atoms with Gasteiger partial charge in [0.2, 0.25) is 0 Å². The SMILES string of the molecule is CSN(SC)C(C)=S. The lowest BCUT2D eigenvalue weighted by Gasteiger charge is -2.14. The maximum absolute atomic E-state index is 4.90. The van der Waals surface area contributed by atoms with Gasteiger partial charge in [-0.15, -0.1) is 0 Å². The third-order valence-electron chi connectivity index (χ3n) is 0.589. The molecule has 48 valence electrons. The molecule has 0 bridgehead atoms. The predicted octanol–water partition coefficient (Wildman–Crippen LogP) is 2.19. The molecule has 1 nitrogen and oxygen atoms in total. The molecule has 4 heteroatoms. The molecule has 0 fully saturated rings. The fraction of sp³-hybridized carbons (Fsp3) is 0.750. The van der Waals surface area contributed by atoms with Crippen LogP contribution in [0.3, 0.4) is 0 Å². The number of nitrogens with zero attached hydrogens (tertiary/aromatic N) is 1. The minimum Gasteiger partial charge on any atom is -0.253 e. The minimum atomic E-state index is 0.921. The highest BCUT2D eigenvalue weighted by molar-refractivity contribution is 8.13. The largest absolute Gasteiger partial charge is 0.253 e. The van der Waals surface area contributed by atoms with Gasteiger partial charge in [0.1, 0.15) is 0 Å². The van der Waals surface area contributed by atoms with E-state index in [9.17, 15) is 0 Å². The van der Waals surface area contributed by atoms with Crippen LogP contribution in [0.1, 0.15) is 6.92 Å². The lowest BCUT2D eigenvalue weighted by Crippen LogP contribution is -2.08. The Hall–Kier alpha value is 0.590. The van der Waals surface area contributed by atoms with Crippen molar-refractivity contribution in [2.24, 2.45) is 0 Å². The van der Waals surface area contributed by atoms with Crippen molar-refractivity contribution in [3.05, 3.63) is 0 Å². The van der Waals surface area contributed by atoms with Crippen molar-refractivity contribution in [3.63, 3.8) is 0 Å². The van der Waals surface area contributed by atoms with Crippen LogP contribution in [0.5, 0.6) is 0 Å². The maximum atomic E-state index is 4.90. The zero-order chi connectivity index (χ0) is 6.57. The van der Waals surface area contributed by atoms with Crippen molar-refractivity contribution in [1.82, 2.24) is 3.71 Å². The van der Waals surface area contributed by atoms with Crippen molar-refractivity contribution >= 4 is 41.1 Å². The summed E-state index contributed by atoms with van der Waals surface area (Å²) in [6.45, 7) is 1.92. The van der Waals surface area contributed by atoms with E-state index >= 15 is 0 Å². The molecule has 0 radical (unpaired) electrons. The molecular formula is C4H9NS3. The first-order valence-electron chi connectivity index (χ1n) is 2.11. The fourth-order valence-corrected chi connectivity index (χ4v) is 1.89. The molecular weight excluding hydrogens is 158 g/mol. The molecule has 0 saturated carbocycles. The number of hydrogen-bond donors (Lipinski definition) is 0. The van der Waals surface area contributed by atoms with Gasteiger partial charge < -0.3 is 0 Å². The van der Waals surface area contributed by atoms with E-state index in [4.69, 9.17) is 12.2 Å². The van der Waals surface area contributed by atoms with Gasteiger partial charge >= 0.3 is 0 Å². The summed E-state index contributed by atoms with van der Waals surface area (Å²) in [7, 11) is 0. The molecule has 0 unspecified atom stereocenters. The smallest absolute Gasteiger partial charge is 0.0963 e. The lowest BCUT2D eigenvalue weighted by molar-refractivity contribution is 1.16. The minimum absolute atomic E-state index is 0.921. The number of rotatable bonds is 2. The van der Waals surface area contributed by atoms with Crippen LogP contribution in [0.25, 0.3) is 0 Å². The summed E-state index contributed by atoms with van der Waals surface area (Å²) in [5, 5.41) is 0. The Morgan fingerprint density at radius 1 is 1.38 bits per heavy atom. The summed E-state index contributed by atoms with van der Waals surface area (Å²) in [5.74, 6) is 0. The molecule has 8 heavy (non-hydrogen) atoms. The number of thiocarbonyl (C=S) groups is 1. The zero-order valence-electron chi connectivity index (χ0n) is 5.17. The first-order valence-corrected chi connectivity index (χ1v) is 4.88. The Bertz CT molecular complexity index is 79.4. The first-order chi connectivity index (χ1) is 3.72. The Labute approximate surface area is 64.5 Å². The molecule has 0 amide bonds. The zero-order valence-corrected chi connectivity index (χ0v) is 7.62. The van der Waals surface area contributed by atoms with Crippen molar-refractivity contribution < 1.29 is 0 Å². The van der Waals surface area contributed by atoms with Gasteiger partial charge in [-0.25, -0.2) is 0 Å². The molecule has 0 rings (SSSR count). The van der Waals surface area contributed by atoms with Crippen LogP contribution in [0.4, 0.5) is 0 Å². The Balaban J connectivity index is 3.52. The van der Waals surface area contributed by atoms with Crippen LogP contribution >= 0.6 is 36.1 Å². The molecule has 0 aliphatic carbocycles. The Morgan fingerprint density at radius 3 is 1.75 bits per heavy atom. The van der Waals surface area contributed by atoms with Gasteiger partial charge in [-0.3, -0.25) is 3.71 Å². The summed E-state index contributed by atoms with van der Waals surface area (Å²) in [5.41, 5.74) is 0. The summed E-state index contributed by atoms with van der Waals surface area (Å²) in [6, 6.07) is 0. The van der Waals surface area contributed by atoms with Crippen molar-refractivity contribution in [3.8, 4) is 0 Å². The summed E-state index contributed by atoms with van der Waals surface area (Å²) in [6.07, 6.45) is 4.01. The molecule has 0 aromatic carbocycles. The fourth-order valence-electron chi connectivity index (χ4n) is 0.332. The molecule has 0 spiro atoms. The van der Waals surface area contributed by atoms with Crippen LogP contribution in [-0.4, -0.2) is 21.2 Å². The molecule has 0 heterocycles. The maximum Gasteiger partial charge on any atom is 0.0963 e. The highest BCUT2D eigenvalue weighted by Gasteiger charge is 1.97. The van der Waals surface area contributed by atoms with Crippen LogP contribution in [0, 0.1) is 0 Å². The van der Waals surface area contributed by atoms with Crippen molar-refractivity contribution in [2.75, 3.05) is 12.5 Å². The predicted molar refractivity (Wildman–Crippen MR) is 47.1 cm³/mol. The third kappa shape index (κ3) is 2.79. The third-order valence-corrected chi connectivity index (χ3v) is 3.11. The van der Waals surface area contributed by atoms with Gasteiger partial charge in [-0.2, -0.15) is 0 Å². The van der Waals surface area contributed by atoms with E-state index in [1.165, 1.54) is 0 Å². The van der Waals surface area contributed by atoms with Crippen molar-refractivity contribution in [1.29, 1.82) is 0 Å². The molecule has 0 atom stereocenters. The van der Waals surface area contributed by atoms with E-state index < -0.39 is 0 Å². The summed E-state index contributed by atoms with van der Waals surface area (Å²) in [4.78, 5) is 0.921. The van der Waals surface area contributed by atoms with Crippen LogP contribution in [-0.2, 0) is 0 Å². The standard InChI is InChI=1S/C4H9NS3/c1-4(6)5(7-2)8-3/h1-3H3. The van der Waals surface area contributed by atoms with Gasteiger partial charge in [0.15, 0.2) is 0 Å². The van der Waals surface area contributed by atoms with E-state index in [2.05, 4.69) is 0 Å². The van der Waals surface area contributed by atoms with Crippen molar-refractivity contribution in [2.45, 2.75) is 6.92 Å². The Kier molecular flexibility index (Phi) is 4.80. The number of hydrogen-bond acceptors (Lipinski definition) is 3. The summed E-state index contributed by atoms with van der Waals surface area (Å²) < 4.78 is 1.98. The first kappa shape index (κ1) is 8.59. The average Bonchev–Trinajstić information content (AvgIpc) is 1.69. The van der Waals surface area contributed by atoms with Gasteiger partial charge in [0.05, 0.1) is 4.99 Å². The lowest BCUT2D eigenvalue weighted by atomic mass is 10.8. The van der Waals surface area contributed by atoms with E-state index in [-0.39, 0.29) is 0 Å². The molecule has 0 aromatic rings. The second-order valence-corrected chi connectivity index (χ2v) is 3.42. The van der Waals surface area contributed by atoms with Gasteiger partial charge in [0, 0.05) is 12.5 Å². The molecule has 0 N–H and O–H groups in total. The monoisotopic (exact) mass is 167 g/mol. The van der Waals surface area contributed by atoms with E-state index in [1.807, 2.05) is 23.1 Å².